The van der Waals surface area contributed by atoms with Crippen LogP contribution in [0, 0.1) is 0 Å². The van der Waals surface area contributed by atoms with Crippen LogP contribution < -0.4 is 10.0 Å². The van der Waals surface area contributed by atoms with E-state index in [1.165, 1.54) is 23.9 Å². The molecule has 0 saturated heterocycles. The maximum Gasteiger partial charge on any atom is 0.238 e. The Kier molecular flexibility index (Phi) is 6.61. The number of hydrogen-bond donors (Lipinski definition) is 1. The molecule has 0 atom stereocenters. The fourth-order valence-electron chi connectivity index (χ4n) is 3.13. The van der Waals surface area contributed by atoms with Crippen LogP contribution in [0.4, 0.5) is 5.69 Å². The average molecular weight is 433 g/mol. The maximum atomic E-state index is 12.8. The number of carbonyl (C=O) groups is 1. The second-order valence-corrected chi connectivity index (χ2v) is 9.01. The number of rotatable bonds is 8. The third-order valence-corrected chi connectivity index (χ3v) is 6.34. The zero-order valence-corrected chi connectivity index (χ0v) is 18.0. The van der Waals surface area contributed by atoms with Gasteiger partial charge in [0.15, 0.2) is 5.16 Å². The van der Waals surface area contributed by atoms with Gasteiger partial charge in [-0.2, -0.15) is 0 Å². The molecule has 154 valence electrons. The summed E-state index contributed by atoms with van der Waals surface area (Å²) in [5, 5.41) is 5.92. The molecular weight excluding hydrogens is 408 g/mol. The Bertz CT molecular complexity index is 1110. The van der Waals surface area contributed by atoms with Gasteiger partial charge >= 0.3 is 0 Å². The Morgan fingerprint density at radius 2 is 1.90 bits per heavy atom. The van der Waals surface area contributed by atoms with Gasteiger partial charge in [-0.25, -0.2) is 18.5 Å². The minimum Gasteiger partial charge on any atom is -0.319 e. The first kappa shape index (κ1) is 21.4. The van der Waals surface area contributed by atoms with Crippen LogP contribution in [-0.4, -0.2) is 36.2 Å². The van der Waals surface area contributed by atoms with E-state index in [4.69, 9.17) is 5.14 Å². The lowest BCUT2D eigenvalue weighted by molar-refractivity contribution is -0.116. The monoisotopic (exact) mass is 432 g/mol. The van der Waals surface area contributed by atoms with Gasteiger partial charge in [0.2, 0.25) is 15.9 Å². The molecule has 0 saturated carbocycles. The van der Waals surface area contributed by atoms with Crippen molar-refractivity contribution >= 4 is 44.4 Å². The zero-order chi connectivity index (χ0) is 21.0. The Morgan fingerprint density at radius 1 is 1.17 bits per heavy atom. The summed E-state index contributed by atoms with van der Waals surface area (Å²) in [7, 11) is -3.80. The van der Waals surface area contributed by atoms with Gasteiger partial charge in [0, 0.05) is 18.8 Å². The second-order valence-electron chi connectivity index (χ2n) is 6.50. The number of para-hydroxylation sites is 1. The Balaban J connectivity index is 1.86. The Hall–Kier alpha value is -2.36. The highest BCUT2D eigenvalue weighted by molar-refractivity contribution is 7.99. The van der Waals surface area contributed by atoms with Crippen molar-refractivity contribution in [2.75, 3.05) is 17.2 Å². The van der Waals surface area contributed by atoms with Crippen LogP contribution in [0.2, 0.25) is 0 Å². The summed E-state index contributed by atoms with van der Waals surface area (Å²) in [6.07, 6.45) is 0.884. The van der Waals surface area contributed by atoms with E-state index < -0.39 is 10.0 Å². The van der Waals surface area contributed by atoms with Crippen LogP contribution in [0.3, 0.4) is 0 Å². The Labute approximate surface area is 175 Å². The molecule has 0 unspecified atom stereocenters. The predicted octanol–water partition coefficient (Wildman–Crippen LogP) is 3.24. The molecule has 2 aromatic carbocycles. The molecule has 1 heterocycles. The zero-order valence-electron chi connectivity index (χ0n) is 16.4. The van der Waals surface area contributed by atoms with Crippen LogP contribution in [0.15, 0.2) is 58.6 Å². The summed E-state index contributed by atoms with van der Waals surface area (Å²) in [6, 6.07) is 14.2. The number of fused-ring (bicyclic) bond motifs is 1. The first-order valence-corrected chi connectivity index (χ1v) is 11.9. The van der Waals surface area contributed by atoms with E-state index in [9.17, 15) is 13.2 Å². The molecule has 1 aromatic heterocycles. The molecular formula is C20H24N4O3S2. The van der Waals surface area contributed by atoms with Crippen molar-refractivity contribution in [1.82, 2.24) is 9.55 Å². The van der Waals surface area contributed by atoms with Gasteiger partial charge in [0.25, 0.3) is 0 Å². The molecule has 2 N–H and O–H groups in total. The smallest absolute Gasteiger partial charge is 0.238 e. The van der Waals surface area contributed by atoms with Crippen molar-refractivity contribution in [3.63, 3.8) is 0 Å². The third-order valence-electron chi connectivity index (χ3n) is 4.47. The fraction of sp³-hybridized carbons (Fsp3) is 0.300. The average Bonchev–Trinajstić information content (AvgIpc) is 3.04. The summed E-state index contributed by atoms with van der Waals surface area (Å²) < 4.78 is 25.3. The van der Waals surface area contributed by atoms with Gasteiger partial charge in [-0.3, -0.25) is 4.79 Å². The van der Waals surface area contributed by atoms with Gasteiger partial charge in [0.05, 0.1) is 21.7 Å². The number of primary sulfonamides is 1. The number of thioether (sulfide) groups is 1. The first-order valence-electron chi connectivity index (χ1n) is 9.36. The fourth-order valence-corrected chi connectivity index (χ4v) is 4.58. The number of aromatic nitrogens is 2. The number of nitrogens with zero attached hydrogens (tertiary/aromatic N) is 3. The first-order chi connectivity index (χ1) is 13.8. The van der Waals surface area contributed by atoms with Crippen LogP contribution in [0.5, 0.6) is 0 Å². The number of amides is 1. The van der Waals surface area contributed by atoms with Crippen molar-refractivity contribution in [3.8, 4) is 0 Å². The van der Waals surface area contributed by atoms with Crippen LogP contribution in [0.25, 0.3) is 11.0 Å². The van der Waals surface area contributed by atoms with Gasteiger partial charge in [0.1, 0.15) is 0 Å². The van der Waals surface area contributed by atoms with Crippen LogP contribution in [0.1, 0.15) is 20.3 Å². The lowest BCUT2D eigenvalue weighted by atomic mass is 10.3. The summed E-state index contributed by atoms with van der Waals surface area (Å²) >= 11 is 1.35. The molecule has 0 aliphatic rings. The summed E-state index contributed by atoms with van der Waals surface area (Å²) in [5.41, 5.74) is 2.24. The highest BCUT2D eigenvalue weighted by atomic mass is 32.2. The molecule has 0 fully saturated rings. The number of benzene rings is 2. The van der Waals surface area contributed by atoms with E-state index in [1.807, 2.05) is 41.8 Å². The largest absolute Gasteiger partial charge is 0.319 e. The molecule has 3 aromatic rings. The van der Waals surface area contributed by atoms with E-state index in [2.05, 4.69) is 11.9 Å². The molecule has 0 aliphatic carbocycles. The van der Waals surface area contributed by atoms with E-state index >= 15 is 0 Å². The highest BCUT2D eigenvalue weighted by Crippen LogP contribution is 2.27. The molecule has 0 spiro atoms. The SMILES string of the molecule is CCCn1c(SCC(=O)N(CC)c2ccccc2)nc2cc(S(N)(=O)=O)ccc21. The molecule has 7 nitrogen and oxygen atoms in total. The van der Waals surface area contributed by atoms with Crippen molar-refractivity contribution in [2.24, 2.45) is 5.14 Å². The highest BCUT2D eigenvalue weighted by Gasteiger charge is 2.18. The number of aryl methyl sites for hydroxylation is 1. The third kappa shape index (κ3) is 4.80. The van der Waals surface area contributed by atoms with E-state index in [-0.39, 0.29) is 16.6 Å². The molecule has 3 rings (SSSR count). The Morgan fingerprint density at radius 3 is 2.52 bits per heavy atom. The molecule has 0 aliphatic heterocycles. The normalized spacial score (nSPS) is 11.7. The molecule has 29 heavy (non-hydrogen) atoms. The molecule has 1 amide bonds. The summed E-state index contributed by atoms with van der Waals surface area (Å²) in [6.45, 7) is 5.29. The predicted molar refractivity (Wildman–Crippen MR) is 117 cm³/mol. The minimum atomic E-state index is -3.80. The standard InChI is InChI=1S/C20H24N4O3S2/c1-3-12-24-18-11-10-16(29(21,26)27)13-17(18)22-20(24)28-14-19(25)23(4-2)15-8-6-5-7-9-15/h5-11,13H,3-4,12,14H2,1-2H3,(H2,21,26,27). The molecule has 0 bridgehead atoms. The maximum absolute atomic E-state index is 12.8. The van der Waals surface area contributed by atoms with E-state index in [0.717, 1.165) is 24.2 Å². The number of anilines is 1. The summed E-state index contributed by atoms with van der Waals surface area (Å²) in [5.74, 6) is 0.224. The molecule has 0 radical (unpaired) electrons. The quantitative estimate of drug-likeness (QED) is 0.551. The van der Waals surface area contributed by atoms with Crippen LogP contribution >= 0.6 is 11.8 Å². The lowest BCUT2D eigenvalue weighted by Crippen LogP contribution is -2.32. The van der Waals surface area contributed by atoms with Crippen molar-refractivity contribution in [2.45, 2.75) is 36.9 Å². The number of imidazole rings is 1. The van der Waals surface area contributed by atoms with Crippen molar-refractivity contribution < 1.29 is 13.2 Å². The van der Waals surface area contributed by atoms with Crippen molar-refractivity contribution in [1.29, 1.82) is 0 Å². The summed E-state index contributed by atoms with van der Waals surface area (Å²) in [4.78, 5) is 19.1. The number of sulfonamides is 1. The van der Waals surface area contributed by atoms with Gasteiger partial charge < -0.3 is 9.47 Å². The number of hydrogen-bond acceptors (Lipinski definition) is 5. The second kappa shape index (κ2) is 8.98. The van der Waals surface area contributed by atoms with Crippen LogP contribution in [-0.2, 0) is 21.4 Å². The van der Waals surface area contributed by atoms with Gasteiger partial charge in [-0.05, 0) is 43.7 Å². The van der Waals surface area contributed by atoms with Gasteiger partial charge in [-0.1, -0.05) is 36.9 Å². The number of nitrogens with two attached hydrogens (primary N) is 1. The number of carbonyl (C=O) groups excluding carboxylic acids is 1. The van der Waals surface area contributed by atoms with Gasteiger partial charge in [-0.15, -0.1) is 0 Å². The van der Waals surface area contributed by atoms with E-state index in [0.29, 0.717) is 17.2 Å². The lowest BCUT2D eigenvalue weighted by Gasteiger charge is -2.20. The van der Waals surface area contributed by atoms with E-state index in [1.54, 1.807) is 11.0 Å². The minimum absolute atomic E-state index is 0.0102. The van der Waals surface area contributed by atoms with Crippen molar-refractivity contribution in [3.05, 3.63) is 48.5 Å². The topological polar surface area (TPSA) is 98.3 Å². The molecule has 9 heteroatoms.